The van der Waals surface area contributed by atoms with E-state index in [1.807, 2.05) is 5.10 Å². The number of carboxylic acid groups (broad SMARTS) is 1. The van der Waals surface area contributed by atoms with E-state index >= 15 is 0 Å². The second kappa shape index (κ2) is 7.72. The fourth-order valence-corrected chi connectivity index (χ4v) is 4.25. The maximum absolute atomic E-state index is 13.4. The zero-order chi connectivity index (χ0) is 24.2. The lowest BCUT2D eigenvalue weighted by atomic mass is 9.77. The predicted octanol–water partition coefficient (Wildman–Crippen LogP) is 4.64. The fraction of sp³-hybridized carbons (Fsp3) is 0.217. The van der Waals surface area contributed by atoms with E-state index < -0.39 is 34.9 Å². The van der Waals surface area contributed by atoms with Crippen molar-refractivity contribution in [2.45, 2.75) is 31.4 Å². The third-order valence-electron chi connectivity index (χ3n) is 6.15. The number of alkyl halides is 3. The number of aromatic nitrogens is 3. The first-order valence-electron chi connectivity index (χ1n) is 10.4. The third kappa shape index (κ3) is 3.58. The number of rotatable bonds is 4. The smallest absolute Gasteiger partial charge is 0.433 e. The van der Waals surface area contributed by atoms with Crippen LogP contribution in [0.1, 0.15) is 57.2 Å². The van der Waals surface area contributed by atoms with Crippen molar-refractivity contribution in [2.75, 3.05) is 5.32 Å². The Morgan fingerprint density at radius 2 is 1.88 bits per heavy atom. The van der Waals surface area contributed by atoms with Gasteiger partial charge in [0.05, 0.1) is 16.6 Å². The summed E-state index contributed by atoms with van der Waals surface area (Å²) in [7, 11) is 0. The van der Waals surface area contributed by atoms with Crippen molar-refractivity contribution in [3.63, 3.8) is 0 Å². The summed E-state index contributed by atoms with van der Waals surface area (Å²) in [5.41, 5.74) is -1.09. The van der Waals surface area contributed by atoms with Gasteiger partial charge in [0.2, 0.25) is 0 Å². The summed E-state index contributed by atoms with van der Waals surface area (Å²) in [6.45, 7) is 0. The molecule has 0 bridgehead atoms. The molecule has 174 valence electrons. The van der Waals surface area contributed by atoms with Gasteiger partial charge in [-0.05, 0) is 54.0 Å². The summed E-state index contributed by atoms with van der Waals surface area (Å²) in [4.78, 5) is 39.6. The number of pyridine rings is 1. The molecule has 2 heterocycles. The number of nitrogens with zero attached hydrogens (tertiary/aromatic N) is 1. The Bertz CT molecular complexity index is 1530. The predicted molar refractivity (Wildman–Crippen MR) is 117 cm³/mol. The zero-order valence-electron chi connectivity index (χ0n) is 17.4. The second-order valence-corrected chi connectivity index (χ2v) is 8.22. The average Bonchev–Trinajstić information content (AvgIpc) is 3.15. The Morgan fingerprint density at radius 3 is 2.53 bits per heavy atom. The third-order valence-corrected chi connectivity index (χ3v) is 6.15. The van der Waals surface area contributed by atoms with Crippen LogP contribution in [0.5, 0.6) is 0 Å². The van der Waals surface area contributed by atoms with Gasteiger partial charge in [0.1, 0.15) is 11.3 Å². The maximum atomic E-state index is 13.4. The van der Waals surface area contributed by atoms with Crippen molar-refractivity contribution in [1.29, 1.82) is 0 Å². The van der Waals surface area contributed by atoms with Gasteiger partial charge < -0.3 is 15.4 Å². The summed E-state index contributed by atoms with van der Waals surface area (Å²) in [6.07, 6.45) is -1.97. The number of nitrogens with one attached hydrogen (secondary N) is 3. The Morgan fingerprint density at radius 1 is 1.12 bits per heavy atom. The van der Waals surface area contributed by atoms with Gasteiger partial charge in [-0.3, -0.25) is 14.7 Å². The van der Waals surface area contributed by atoms with E-state index in [4.69, 9.17) is 0 Å². The molecule has 11 heteroatoms. The highest BCUT2D eigenvalue weighted by Crippen LogP contribution is 2.40. The highest BCUT2D eigenvalue weighted by molar-refractivity contribution is 6.14. The molecule has 1 fully saturated rings. The number of carboxylic acids is 1. The number of hydrogen-bond donors (Lipinski definition) is 4. The lowest BCUT2D eigenvalue weighted by molar-refractivity contribution is -0.139. The molecule has 2 aromatic carbocycles. The van der Waals surface area contributed by atoms with E-state index in [1.54, 1.807) is 12.1 Å². The van der Waals surface area contributed by atoms with Crippen LogP contribution < -0.4 is 10.9 Å². The van der Waals surface area contributed by atoms with Crippen LogP contribution in [-0.4, -0.2) is 32.2 Å². The van der Waals surface area contributed by atoms with Crippen molar-refractivity contribution >= 4 is 39.4 Å². The molecule has 0 aliphatic heterocycles. The normalized spacial score (nSPS) is 14.3. The van der Waals surface area contributed by atoms with Crippen LogP contribution in [0, 0.1) is 0 Å². The van der Waals surface area contributed by atoms with Gasteiger partial charge >= 0.3 is 12.1 Å². The summed E-state index contributed by atoms with van der Waals surface area (Å²) in [5, 5.41) is 17.7. The first-order chi connectivity index (χ1) is 16.1. The van der Waals surface area contributed by atoms with Gasteiger partial charge in [0.25, 0.3) is 11.5 Å². The number of benzene rings is 2. The Hall–Kier alpha value is -4.15. The lowest BCUT2D eigenvalue weighted by Crippen LogP contribution is -2.22. The number of amides is 1. The first-order valence-corrected chi connectivity index (χ1v) is 10.4. The highest BCUT2D eigenvalue weighted by atomic mass is 19.4. The first kappa shape index (κ1) is 21.7. The molecule has 4 N–H and O–H groups in total. The molecule has 1 aliphatic carbocycles. The number of halogens is 3. The monoisotopic (exact) mass is 470 g/mol. The van der Waals surface area contributed by atoms with E-state index in [1.165, 1.54) is 24.3 Å². The molecule has 0 atom stereocenters. The SMILES string of the molecule is O=C(O)c1cc2ccc(C3CCC3)c(C(=O)Nc3ccc4n[nH]c(C(F)(F)F)c4c3)c2[nH]c1=O. The van der Waals surface area contributed by atoms with Crippen LogP contribution in [0.15, 0.2) is 41.2 Å². The van der Waals surface area contributed by atoms with Gasteiger partial charge in [-0.15, -0.1) is 0 Å². The average molecular weight is 470 g/mol. The van der Waals surface area contributed by atoms with Crippen LogP contribution in [0.25, 0.3) is 21.8 Å². The molecule has 0 radical (unpaired) electrons. The minimum absolute atomic E-state index is 0.0842. The molecule has 4 aromatic rings. The number of hydrogen-bond acceptors (Lipinski definition) is 4. The van der Waals surface area contributed by atoms with E-state index in [0.29, 0.717) is 10.9 Å². The van der Waals surface area contributed by atoms with Gasteiger partial charge in [0, 0.05) is 11.1 Å². The highest BCUT2D eigenvalue weighted by Gasteiger charge is 2.35. The lowest BCUT2D eigenvalue weighted by Gasteiger charge is -2.28. The molecule has 5 rings (SSSR count). The summed E-state index contributed by atoms with van der Waals surface area (Å²) >= 11 is 0. The minimum Gasteiger partial charge on any atom is -0.477 e. The van der Waals surface area contributed by atoms with Crippen molar-refractivity contribution < 1.29 is 27.9 Å². The van der Waals surface area contributed by atoms with Crippen LogP contribution in [0.3, 0.4) is 0 Å². The topological polar surface area (TPSA) is 128 Å². The number of carbonyl (C=O) groups is 2. The van der Waals surface area contributed by atoms with Crippen molar-refractivity contribution in [3.8, 4) is 0 Å². The number of aromatic carboxylic acids is 1. The summed E-state index contributed by atoms with van der Waals surface area (Å²) in [5.74, 6) is -1.94. The van der Waals surface area contributed by atoms with Crippen molar-refractivity contribution in [2.24, 2.45) is 0 Å². The summed E-state index contributed by atoms with van der Waals surface area (Å²) < 4.78 is 39.8. The molecule has 1 aliphatic rings. The molecule has 1 amide bonds. The maximum Gasteiger partial charge on any atom is 0.433 e. The molecular weight excluding hydrogens is 453 g/mol. The quantitative estimate of drug-likeness (QED) is 0.346. The van der Waals surface area contributed by atoms with Gasteiger partial charge in [-0.1, -0.05) is 18.6 Å². The molecule has 0 spiro atoms. The zero-order valence-corrected chi connectivity index (χ0v) is 17.4. The fourth-order valence-electron chi connectivity index (χ4n) is 4.25. The van der Waals surface area contributed by atoms with E-state index in [0.717, 1.165) is 19.3 Å². The molecular formula is C23H17F3N4O4. The van der Waals surface area contributed by atoms with Crippen LogP contribution in [0.4, 0.5) is 18.9 Å². The Kier molecular flexibility index (Phi) is 4.92. The molecule has 8 nitrogen and oxygen atoms in total. The minimum atomic E-state index is -4.65. The van der Waals surface area contributed by atoms with E-state index in [2.05, 4.69) is 15.4 Å². The van der Waals surface area contributed by atoms with Crippen LogP contribution in [-0.2, 0) is 6.18 Å². The molecule has 34 heavy (non-hydrogen) atoms. The van der Waals surface area contributed by atoms with Crippen LogP contribution >= 0.6 is 0 Å². The largest absolute Gasteiger partial charge is 0.477 e. The van der Waals surface area contributed by atoms with Crippen LogP contribution in [0.2, 0.25) is 0 Å². The van der Waals surface area contributed by atoms with Gasteiger partial charge in [-0.2, -0.15) is 18.3 Å². The molecule has 1 saturated carbocycles. The molecule has 0 saturated heterocycles. The number of aromatic amines is 2. The number of carbonyl (C=O) groups excluding carboxylic acids is 1. The second-order valence-electron chi connectivity index (χ2n) is 8.22. The number of anilines is 1. The van der Waals surface area contributed by atoms with E-state index in [-0.39, 0.29) is 33.6 Å². The Balaban J connectivity index is 1.61. The van der Waals surface area contributed by atoms with Gasteiger partial charge in [-0.25, -0.2) is 4.79 Å². The Labute approximate surface area is 188 Å². The molecule has 2 aromatic heterocycles. The number of fused-ring (bicyclic) bond motifs is 2. The molecule has 0 unspecified atom stereocenters. The van der Waals surface area contributed by atoms with Crippen molar-refractivity contribution in [1.82, 2.24) is 15.2 Å². The van der Waals surface area contributed by atoms with Crippen molar-refractivity contribution in [3.05, 3.63) is 69.1 Å². The standard InChI is InChI=1S/C23H17F3N4O4/c24-23(25,26)19-14-9-12(5-7-16(14)29-30-19)27-21(32)17-13(10-2-1-3-10)6-4-11-8-15(22(33)34)20(31)28-18(11)17/h4-10H,1-3H2,(H,27,32)(H,28,31)(H,29,30)(H,33,34). The summed E-state index contributed by atoms with van der Waals surface area (Å²) in [6, 6.07) is 8.54. The van der Waals surface area contributed by atoms with Gasteiger partial charge in [0.15, 0.2) is 0 Å². The van der Waals surface area contributed by atoms with E-state index in [9.17, 15) is 32.7 Å². The number of H-pyrrole nitrogens is 2.